The van der Waals surface area contributed by atoms with Crippen molar-refractivity contribution in [3.63, 3.8) is 0 Å². The molecule has 0 aliphatic rings. The molecule has 0 saturated heterocycles. The van der Waals surface area contributed by atoms with Crippen LogP contribution in [0.15, 0.2) is 60.8 Å². The Morgan fingerprint density at radius 3 is 2.69 bits per heavy atom. The zero-order valence-electron chi connectivity index (χ0n) is 14.1. The summed E-state index contributed by atoms with van der Waals surface area (Å²) in [5.74, 6) is 1.22. The van der Waals surface area contributed by atoms with Crippen LogP contribution in [0, 0.1) is 0 Å². The molecule has 6 nitrogen and oxygen atoms in total. The highest BCUT2D eigenvalue weighted by molar-refractivity contribution is 6.30. The highest BCUT2D eigenvalue weighted by atomic mass is 35.5. The first kappa shape index (κ1) is 16.4. The molecule has 0 atom stereocenters. The predicted octanol–water partition coefficient (Wildman–Crippen LogP) is 4.37. The first-order chi connectivity index (χ1) is 12.7. The number of nitrogens with one attached hydrogen (secondary N) is 2. The van der Waals surface area contributed by atoms with Crippen LogP contribution in [0.2, 0.25) is 5.02 Å². The van der Waals surface area contributed by atoms with Crippen molar-refractivity contribution in [1.29, 1.82) is 0 Å². The van der Waals surface area contributed by atoms with Gasteiger partial charge in [0.05, 0.1) is 11.6 Å². The van der Waals surface area contributed by atoms with E-state index in [9.17, 15) is 0 Å². The second kappa shape index (κ2) is 7.01. The molecule has 0 radical (unpaired) electrons. The standard InChI is InChI=1S/C19H17ClN6/c1-26-18-16(12-22-26)17(23-15-9-5-8-14(20)10-15)24-19(25-18)21-11-13-6-3-2-4-7-13/h2-10,12H,11H2,1H3,(H2,21,23,24,25). The van der Waals surface area contributed by atoms with Crippen molar-refractivity contribution in [3.8, 4) is 0 Å². The molecule has 0 aliphatic heterocycles. The molecular weight excluding hydrogens is 348 g/mol. The van der Waals surface area contributed by atoms with Crippen LogP contribution in [0.1, 0.15) is 5.56 Å². The van der Waals surface area contributed by atoms with Gasteiger partial charge in [-0.05, 0) is 23.8 Å². The number of benzene rings is 2. The van der Waals surface area contributed by atoms with E-state index >= 15 is 0 Å². The molecule has 4 rings (SSSR count). The number of halogens is 1. The minimum Gasteiger partial charge on any atom is -0.350 e. The summed E-state index contributed by atoms with van der Waals surface area (Å²) in [4.78, 5) is 9.21. The minimum atomic E-state index is 0.537. The van der Waals surface area contributed by atoms with Crippen LogP contribution < -0.4 is 10.6 Å². The molecule has 2 aromatic carbocycles. The third kappa shape index (κ3) is 3.45. The van der Waals surface area contributed by atoms with Gasteiger partial charge in [-0.3, -0.25) is 4.68 Å². The van der Waals surface area contributed by atoms with Gasteiger partial charge >= 0.3 is 0 Å². The number of aromatic nitrogens is 4. The monoisotopic (exact) mass is 364 g/mol. The van der Waals surface area contributed by atoms with Crippen molar-refractivity contribution in [2.24, 2.45) is 7.05 Å². The number of hydrogen-bond donors (Lipinski definition) is 2. The fourth-order valence-electron chi connectivity index (χ4n) is 2.68. The van der Waals surface area contributed by atoms with E-state index in [1.807, 2.05) is 49.5 Å². The van der Waals surface area contributed by atoms with Gasteiger partial charge in [0, 0.05) is 24.3 Å². The lowest BCUT2D eigenvalue weighted by Crippen LogP contribution is -2.06. The lowest BCUT2D eigenvalue weighted by atomic mass is 10.2. The van der Waals surface area contributed by atoms with Crippen LogP contribution in [0.4, 0.5) is 17.5 Å². The van der Waals surface area contributed by atoms with Gasteiger partial charge in [0.1, 0.15) is 5.82 Å². The van der Waals surface area contributed by atoms with Crippen molar-refractivity contribution >= 4 is 40.1 Å². The SMILES string of the molecule is Cn1ncc2c(Nc3cccc(Cl)c3)nc(NCc3ccccc3)nc21. The van der Waals surface area contributed by atoms with Crippen LogP contribution in [-0.4, -0.2) is 19.7 Å². The summed E-state index contributed by atoms with van der Waals surface area (Å²) in [6.45, 7) is 0.640. The molecule has 0 spiro atoms. The summed E-state index contributed by atoms with van der Waals surface area (Å²) >= 11 is 6.08. The van der Waals surface area contributed by atoms with Crippen LogP contribution in [0.25, 0.3) is 11.0 Å². The molecule has 130 valence electrons. The lowest BCUT2D eigenvalue weighted by Gasteiger charge is -2.10. The number of nitrogens with zero attached hydrogens (tertiary/aromatic N) is 4. The van der Waals surface area contributed by atoms with Crippen molar-refractivity contribution in [2.75, 3.05) is 10.6 Å². The van der Waals surface area contributed by atoms with E-state index in [1.54, 1.807) is 10.9 Å². The number of fused-ring (bicyclic) bond motifs is 1. The minimum absolute atomic E-state index is 0.537. The first-order valence-electron chi connectivity index (χ1n) is 8.19. The molecule has 0 amide bonds. The Morgan fingerprint density at radius 1 is 1.04 bits per heavy atom. The molecule has 0 fully saturated rings. The molecule has 2 N–H and O–H groups in total. The van der Waals surface area contributed by atoms with Gasteiger partial charge in [0.2, 0.25) is 5.95 Å². The molecule has 0 unspecified atom stereocenters. The normalized spacial score (nSPS) is 10.8. The summed E-state index contributed by atoms with van der Waals surface area (Å²) in [6.07, 6.45) is 1.75. The second-order valence-electron chi connectivity index (χ2n) is 5.88. The van der Waals surface area contributed by atoms with E-state index in [1.165, 1.54) is 0 Å². The maximum atomic E-state index is 6.08. The summed E-state index contributed by atoms with van der Waals surface area (Å²) in [5, 5.41) is 12.4. The number of hydrogen-bond acceptors (Lipinski definition) is 5. The molecule has 4 aromatic rings. The van der Waals surface area contributed by atoms with Gasteiger partial charge in [0.15, 0.2) is 5.65 Å². The average molecular weight is 365 g/mol. The van der Waals surface area contributed by atoms with E-state index < -0.39 is 0 Å². The van der Waals surface area contributed by atoms with Crippen molar-refractivity contribution in [1.82, 2.24) is 19.7 Å². The third-order valence-corrected chi connectivity index (χ3v) is 4.21. The Kier molecular flexibility index (Phi) is 4.41. The van der Waals surface area contributed by atoms with Crippen LogP contribution in [0.5, 0.6) is 0 Å². The largest absolute Gasteiger partial charge is 0.350 e. The maximum Gasteiger partial charge on any atom is 0.227 e. The Hall–Kier alpha value is -3.12. The van der Waals surface area contributed by atoms with E-state index in [4.69, 9.17) is 11.6 Å². The van der Waals surface area contributed by atoms with Gasteiger partial charge in [-0.1, -0.05) is 48.0 Å². The molecule has 0 bridgehead atoms. The maximum absolute atomic E-state index is 6.08. The van der Waals surface area contributed by atoms with Gasteiger partial charge in [-0.25, -0.2) is 0 Å². The molecule has 26 heavy (non-hydrogen) atoms. The predicted molar refractivity (Wildman–Crippen MR) is 105 cm³/mol. The molecule has 7 heteroatoms. The number of rotatable bonds is 5. The van der Waals surface area contributed by atoms with Crippen LogP contribution >= 0.6 is 11.6 Å². The summed E-state index contributed by atoms with van der Waals surface area (Å²) in [5.41, 5.74) is 2.76. The van der Waals surface area contributed by atoms with Crippen molar-refractivity contribution in [2.45, 2.75) is 6.54 Å². The Labute approximate surface area is 155 Å². The molecule has 0 saturated carbocycles. The Morgan fingerprint density at radius 2 is 1.88 bits per heavy atom. The van der Waals surface area contributed by atoms with Crippen molar-refractivity contribution < 1.29 is 0 Å². The molecule has 2 heterocycles. The second-order valence-corrected chi connectivity index (χ2v) is 6.31. The Balaban J connectivity index is 1.67. The smallest absolute Gasteiger partial charge is 0.227 e. The van der Waals surface area contributed by atoms with Crippen LogP contribution in [-0.2, 0) is 13.6 Å². The van der Waals surface area contributed by atoms with Crippen molar-refractivity contribution in [3.05, 3.63) is 71.4 Å². The summed E-state index contributed by atoms with van der Waals surface area (Å²) in [6, 6.07) is 17.6. The topological polar surface area (TPSA) is 67.7 Å². The highest BCUT2D eigenvalue weighted by Gasteiger charge is 2.12. The molecular formula is C19H17ClN6. The summed E-state index contributed by atoms with van der Waals surface area (Å²) < 4.78 is 1.73. The first-order valence-corrected chi connectivity index (χ1v) is 8.57. The quantitative estimate of drug-likeness (QED) is 0.550. The number of aryl methyl sites for hydroxylation is 1. The fourth-order valence-corrected chi connectivity index (χ4v) is 2.87. The zero-order chi connectivity index (χ0) is 17.9. The van der Waals surface area contributed by atoms with E-state index in [-0.39, 0.29) is 0 Å². The molecule has 2 aromatic heterocycles. The zero-order valence-corrected chi connectivity index (χ0v) is 14.9. The lowest BCUT2D eigenvalue weighted by molar-refractivity contribution is 0.785. The average Bonchev–Trinajstić information content (AvgIpc) is 3.02. The molecule has 0 aliphatic carbocycles. The Bertz CT molecular complexity index is 1040. The summed E-state index contributed by atoms with van der Waals surface area (Å²) in [7, 11) is 1.86. The van der Waals surface area contributed by atoms with E-state index in [0.29, 0.717) is 23.3 Å². The van der Waals surface area contributed by atoms with Gasteiger partial charge < -0.3 is 10.6 Å². The number of anilines is 3. The van der Waals surface area contributed by atoms with E-state index in [2.05, 4.69) is 37.8 Å². The third-order valence-electron chi connectivity index (χ3n) is 3.97. The van der Waals surface area contributed by atoms with E-state index in [0.717, 1.165) is 22.3 Å². The van der Waals surface area contributed by atoms with Gasteiger partial charge in [0.25, 0.3) is 0 Å². The van der Waals surface area contributed by atoms with Gasteiger partial charge in [-0.2, -0.15) is 15.1 Å². The fraction of sp³-hybridized carbons (Fsp3) is 0.105. The van der Waals surface area contributed by atoms with Gasteiger partial charge in [-0.15, -0.1) is 0 Å². The van der Waals surface area contributed by atoms with Crippen LogP contribution in [0.3, 0.4) is 0 Å². The highest BCUT2D eigenvalue weighted by Crippen LogP contribution is 2.26.